The maximum atomic E-state index is 13.3. The fraction of sp³-hybridized carbons (Fsp3) is 0.500. The molecule has 2 aliphatic heterocycles. The molecule has 6 heteroatoms. The number of amides is 1. The van der Waals surface area contributed by atoms with Gasteiger partial charge >= 0.3 is 0 Å². The average Bonchev–Trinajstić information content (AvgIpc) is 3.38. The van der Waals surface area contributed by atoms with Crippen molar-refractivity contribution in [3.05, 3.63) is 102 Å². The topological polar surface area (TPSA) is 39.5 Å². The van der Waals surface area contributed by atoms with Crippen molar-refractivity contribution in [3.8, 4) is 0 Å². The summed E-state index contributed by atoms with van der Waals surface area (Å²) in [6.45, 7) is 16.1. The number of rotatable bonds is 17. The first-order valence-corrected chi connectivity index (χ1v) is 18.4. The molecule has 1 amide bonds. The molecule has 46 heavy (non-hydrogen) atoms. The number of hydrogen-bond donors (Lipinski definition) is 1. The SMILES string of the molecule is CCCC[C@@H]1C[n+]2ccccc2N2C=CN(CCCNC(=O)c3ccccc3SC/C=C(\C)CC/C=C(\C)CCC=C(C)C)[C@]12C. The monoisotopic (exact) mass is 641 g/mol. The second-order valence-electron chi connectivity index (χ2n) is 13.4. The van der Waals surface area contributed by atoms with E-state index >= 15 is 0 Å². The zero-order valence-electron chi connectivity index (χ0n) is 29.2. The maximum Gasteiger partial charge on any atom is 0.283 e. The van der Waals surface area contributed by atoms with Crippen LogP contribution in [0.4, 0.5) is 5.82 Å². The lowest BCUT2D eigenvalue weighted by molar-refractivity contribution is -0.699. The fourth-order valence-corrected chi connectivity index (χ4v) is 7.67. The molecule has 0 saturated carbocycles. The number of fused-ring (bicyclic) bond motifs is 3. The van der Waals surface area contributed by atoms with Crippen molar-refractivity contribution in [2.24, 2.45) is 5.92 Å². The minimum absolute atomic E-state index is 0.0196. The normalized spacial score (nSPS) is 19.2. The van der Waals surface area contributed by atoms with Crippen molar-refractivity contribution in [1.82, 2.24) is 10.2 Å². The van der Waals surface area contributed by atoms with E-state index in [9.17, 15) is 4.79 Å². The highest BCUT2D eigenvalue weighted by atomic mass is 32.2. The summed E-state index contributed by atoms with van der Waals surface area (Å²) >= 11 is 1.75. The first kappa shape index (κ1) is 35.6. The van der Waals surface area contributed by atoms with E-state index in [2.05, 4.69) is 122 Å². The molecule has 0 radical (unpaired) electrons. The maximum absolute atomic E-state index is 13.3. The first-order chi connectivity index (χ1) is 22.2. The molecule has 0 fully saturated rings. The van der Waals surface area contributed by atoms with E-state index < -0.39 is 0 Å². The van der Waals surface area contributed by atoms with Crippen LogP contribution in [0.15, 0.2) is 101 Å². The van der Waals surface area contributed by atoms with Gasteiger partial charge in [-0.1, -0.05) is 72.9 Å². The molecule has 0 spiro atoms. The van der Waals surface area contributed by atoms with Crippen LogP contribution in [0, 0.1) is 5.92 Å². The Morgan fingerprint density at radius 2 is 1.72 bits per heavy atom. The smallest absolute Gasteiger partial charge is 0.283 e. The number of unbranched alkanes of at least 4 members (excludes halogenated alkanes) is 1. The van der Waals surface area contributed by atoms with E-state index in [-0.39, 0.29) is 11.6 Å². The van der Waals surface area contributed by atoms with E-state index in [1.54, 1.807) is 11.8 Å². The highest BCUT2D eigenvalue weighted by Crippen LogP contribution is 2.42. The number of anilines is 1. The third-order valence-electron chi connectivity index (χ3n) is 9.51. The first-order valence-electron chi connectivity index (χ1n) is 17.4. The number of pyridine rings is 1. The highest BCUT2D eigenvalue weighted by Gasteiger charge is 2.55. The Kier molecular flexibility index (Phi) is 13.6. The summed E-state index contributed by atoms with van der Waals surface area (Å²) in [6.07, 6.45) is 22.7. The molecule has 0 bridgehead atoms. The van der Waals surface area contributed by atoms with Crippen LogP contribution in [0.2, 0.25) is 0 Å². The zero-order chi connectivity index (χ0) is 32.9. The Balaban J connectivity index is 1.25. The molecule has 0 saturated heterocycles. The number of thioether (sulfide) groups is 1. The lowest BCUT2D eigenvalue weighted by Crippen LogP contribution is -2.66. The van der Waals surface area contributed by atoms with E-state index in [0.717, 1.165) is 61.4 Å². The molecule has 3 heterocycles. The van der Waals surface area contributed by atoms with E-state index in [1.807, 2.05) is 18.2 Å². The van der Waals surface area contributed by atoms with Gasteiger partial charge in [-0.25, -0.2) is 9.47 Å². The van der Waals surface area contributed by atoms with Crippen LogP contribution in [-0.2, 0) is 6.54 Å². The predicted molar refractivity (Wildman–Crippen MR) is 196 cm³/mol. The molecule has 248 valence electrons. The highest BCUT2D eigenvalue weighted by molar-refractivity contribution is 7.99. The molecule has 0 unspecified atom stereocenters. The summed E-state index contributed by atoms with van der Waals surface area (Å²) in [7, 11) is 0. The summed E-state index contributed by atoms with van der Waals surface area (Å²) in [5.74, 6) is 2.67. The van der Waals surface area contributed by atoms with E-state index in [4.69, 9.17) is 0 Å². The van der Waals surface area contributed by atoms with Gasteiger partial charge in [0.2, 0.25) is 0 Å². The molecule has 2 aliphatic rings. The summed E-state index contributed by atoms with van der Waals surface area (Å²) in [5.41, 5.74) is 4.96. The number of hydrogen-bond acceptors (Lipinski definition) is 4. The Morgan fingerprint density at radius 1 is 0.978 bits per heavy atom. The van der Waals surface area contributed by atoms with Crippen LogP contribution >= 0.6 is 11.8 Å². The number of aromatic nitrogens is 1. The van der Waals surface area contributed by atoms with Crippen molar-refractivity contribution in [2.45, 2.75) is 110 Å². The molecular formula is C40H57N4OS+. The van der Waals surface area contributed by atoms with Gasteiger partial charge < -0.3 is 10.2 Å². The standard InChI is InChI=1S/C40H56N4OS/c1-7-8-20-35-31-42-26-12-11-23-38(42)44-29-28-43(40(35,44)6)27-15-25-41-39(45)36-21-9-10-22-37(36)46-30-24-34(5)19-14-18-33(4)17-13-16-32(2)3/h9-12,16,18,21-24,26,28-29,35H,7-8,13-15,17,19-20,25,27,30-31H2,1-6H3/p+1/b33-18+,34-24+/t35-,40+/m1/s1. The van der Waals surface area contributed by atoms with Crippen molar-refractivity contribution in [3.63, 3.8) is 0 Å². The second-order valence-corrected chi connectivity index (χ2v) is 14.4. The molecule has 5 nitrogen and oxygen atoms in total. The predicted octanol–water partition coefficient (Wildman–Crippen LogP) is 9.43. The number of carbonyl (C=O) groups excluding carboxylic acids is 1. The van der Waals surface area contributed by atoms with Gasteiger partial charge in [0.05, 0.1) is 24.2 Å². The molecular weight excluding hydrogens is 585 g/mol. The van der Waals surface area contributed by atoms with Crippen LogP contribution in [-0.4, -0.2) is 35.3 Å². The van der Waals surface area contributed by atoms with Gasteiger partial charge in [-0.05, 0) is 91.3 Å². The number of nitrogens with one attached hydrogen (secondary N) is 1. The largest absolute Gasteiger partial charge is 0.352 e. The zero-order valence-corrected chi connectivity index (χ0v) is 30.0. The van der Waals surface area contributed by atoms with Crippen molar-refractivity contribution in [1.29, 1.82) is 0 Å². The number of allylic oxidation sites excluding steroid dienone is 5. The second kappa shape index (κ2) is 17.6. The Morgan fingerprint density at radius 3 is 2.50 bits per heavy atom. The Bertz CT molecular complexity index is 1420. The van der Waals surface area contributed by atoms with Crippen LogP contribution < -0.4 is 14.8 Å². The summed E-state index contributed by atoms with van der Waals surface area (Å²) in [6, 6.07) is 14.5. The lowest BCUT2D eigenvalue weighted by atomic mass is 9.85. The number of carbonyl (C=O) groups is 1. The molecule has 2 atom stereocenters. The summed E-state index contributed by atoms with van der Waals surface area (Å²) in [4.78, 5) is 19.3. The quantitative estimate of drug-likeness (QED) is 0.0809. The third kappa shape index (κ3) is 9.40. The van der Waals surface area contributed by atoms with Crippen LogP contribution in [0.3, 0.4) is 0 Å². The Labute approximate surface area is 283 Å². The van der Waals surface area contributed by atoms with Crippen molar-refractivity contribution < 1.29 is 9.36 Å². The van der Waals surface area contributed by atoms with E-state index in [1.165, 1.54) is 41.8 Å². The van der Waals surface area contributed by atoms with Crippen LogP contribution in [0.1, 0.15) is 103 Å². The van der Waals surface area contributed by atoms with Gasteiger partial charge in [0, 0.05) is 36.0 Å². The van der Waals surface area contributed by atoms with Gasteiger partial charge in [0.15, 0.2) is 5.66 Å². The van der Waals surface area contributed by atoms with Gasteiger partial charge in [0.1, 0.15) is 6.20 Å². The van der Waals surface area contributed by atoms with Crippen LogP contribution in [0.25, 0.3) is 0 Å². The van der Waals surface area contributed by atoms with Crippen molar-refractivity contribution >= 4 is 23.5 Å². The van der Waals surface area contributed by atoms with Gasteiger partial charge in [-0.15, -0.1) is 11.8 Å². The van der Waals surface area contributed by atoms with Gasteiger partial charge in [-0.2, -0.15) is 0 Å². The third-order valence-corrected chi connectivity index (χ3v) is 10.5. The number of nitrogens with zero attached hydrogens (tertiary/aromatic N) is 3. The Hall–Kier alpha value is -3.25. The molecule has 1 aromatic carbocycles. The van der Waals surface area contributed by atoms with Crippen molar-refractivity contribution in [2.75, 3.05) is 23.7 Å². The average molecular weight is 642 g/mol. The minimum Gasteiger partial charge on any atom is -0.352 e. The van der Waals surface area contributed by atoms with Crippen LogP contribution in [0.5, 0.6) is 0 Å². The lowest BCUT2D eigenvalue weighted by Gasteiger charge is -2.46. The molecule has 4 rings (SSSR count). The van der Waals surface area contributed by atoms with Gasteiger partial charge in [0.25, 0.3) is 11.7 Å². The van der Waals surface area contributed by atoms with E-state index in [0.29, 0.717) is 12.5 Å². The summed E-state index contributed by atoms with van der Waals surface area (Å²) < 4.78 is 2.40. The number of benzene rings is 1. The molecule has 2 aromatic rings. The summed E-state index contributed by atoms with van der Waals surface area (Å²) in [5, 5.41) is 3.22. The molecule has 1 aromatic heterocycles. The fourth-order valence-electron chi connectivity index (χ4n) is 6.63. The minimum atomic E-state index is -0.0873. The molecule has 1 N–H and O–H groups in total. The van der Waals surface area contributed by atoms with Gasteiger partial charge in [-0.3, -0.25) is 4.79 Å². The molecule has 0 aliphatic carbocycles.